The molecule has 9 heteroatoms. The Morgan fingerprint density at radius 2 is 2.07 bits per heavy atom. The lowest BCUT2D eigenvalue weighted by molar-refractivity contribution is 0.182. The van der Waals surface area contributed by atoms with Gasteiger partial charge in [-0.05, 0) is 44.5 Å². The molecule has 2 aromatic rings. The molecule has 0 bridgehead atoms. The normalized spacial score (nSPS) is 15.0. The third-order valence-corrected chi connectivity index (χ3v) is 6.15. The maximum atomic E-state index is 12.4. The van der Waals surface area contributed by atoms with Gasteiger partial charge in [-0.15, -0.1) is 0 Å². The number of ether oxygens (including phenoxy) is 1. The summed E-state index contributed by atoms with van der Waals surface area (Å²) in [6.07, 6.45) is 6.91. The van der Waals surface area contributed by atoms with E-state index in [2.05, 4.69) is 20.6 Å². The molecule has 0 radical (unpaired) electrons. The Bertz CT molecular complexity index is 1110. The van der Waals surface area contributed by atoms with Crippen LogP contribution in [0.5, 0.6) is 5.88 Å². The molecule has 0 aromatic carbocycles. The maximum absolute atomic E-state index is 12.4. The maximum Gasteiger partial charge on any atom is 0.264 e. The third kappa shape index (κ3) is 4.11. The van der Waals surface area contributed by atoms with Gasteiger partial charge in [-0.3, -0.25) is 14.3 Å². The number of rotatable bonds is 6. The molecule has 160 valence electrons. The van der Waals surface area contributed by atoms with E-state index in [-0.39, 0.29) is 22.3 Å². The molecule has 2 aromatic heterocycles. The van der Waals surface area contributed by atoms with Crippen molar-refractivity contribution in [2.24, 2.45) is 4.99 Å². The predicted molar refractivity (Wildman–Crippen MR) is 117 cm³/mol. The molecular formula is C21H27N5O3S. The second-order valence-corrected chi connectivity index (χ2v) is 7.97. The number of nitrogens with zero attached hydrogens (tertiary/aromatic N) is 4. The van der Waals surface area contributed by atoms with Gasteiger partial charge in [0.1, 0.15) is 11.6 Å². The number of aromatic amines is 1. The van der Waals surface area contributed by atoms with Crippen molar-refractivity contribution in [3.8, 4) is 11.9 Å². The van der Waals surface area contributed by atoms with Gasteiger partial charge in [0.05, 0.1) is 18.7 Å². The number of methoxy groups -OCH3 is 1. The van der Waals surface area contributed by atoms with Gasteiger partial charge in [-0.1, -0.05) is 19.3 Å². The molecule has 0 unspecified atom stereocenters. The molecule has 2 N–H and O–H groups in total. The largest absolute Gasteiger partial charge is 0.494 e. The lowest BCUT2D eigenvalue weighted by Gasteiger charge is -2.26. The summed E-state index contributed by atoms with van der Waals surface area (Å²) in [4.78, 5) is 19.5. The van der Waals surface area contributed by atoms with Crippen LogP contribution in [0, 0.1) is 29.9 Å². The average molecular weight is 430 g/mol. The Hall–Kier alpha value is -2.70. The van der Waals surface area contributed by atoms with Crippen molar-refractivity contribution in [2.45, 2.75) is 58.5 Å². The number of aromatic nitrogens is 3. The first-order valence-electron chi connectivity index (χ1n) is 10.1. The predicted octanol–water partition coefficient (Wildman–Crippen LogP) is 3.80. The van der Waals surface area contributed by atoms with Crippen LogP contribution < -0.4 is 5.56 Å². The smallest absolute Gasteiger partial charge is 0.264 e. The summed E-state index contributed by atoms with van der Waals surface area (Å²) in [5.74, 6) is 0.261. The fraction of sp³-hybridized carbons (Fsp3) is 0.524. The van der Waals surface area contributed by atoms with Crippen LogP contribution in [0.15, 0.2) is 9.79 Å². The number of hydrogen-bond donors (Lipinski definition) is 2. The highest BCUT2D eigenvalue weighted by atomic mass is 32.1. The molecular weight excluding hydrogens is 402 g/mol. The van der Waals surface area contributed by atoms with E-state index in [1.165, 1.54) is 17.2 Å². The number of H-pyrrole nitrogens is 1. The van der Waals surface area contributed by atoms with E-state index in [0.717, 1.165) is 36.9 Å². The van der Waals surface area contributed by atoms with E-state index in [4.69, 9.17) is 17.0 Å². The van der Waals surface area contributed by atoms with Crippen molar-refractivity contribution >= 4 is 24.3 Å². The molecule has 1 fully saturated rings. The highest BCUT2D eigenvalue weighted by molar-refractivity contribution is 7.71. The van der Waals surface area contributed by atoms with Gasteiger partial charge in [-0.2, -0.15) is 5.26 Å². The molecule has 8 nitrogen and oxygen atoms in total. The van der Waals surface area contributed by atoms with Crippen LogP contribution in [0.25, 0.3) is 0 Å². The average Bonchev–Trinajstić information content (AvgIpc) is 2.97. The summed E-state index contributed by atoms with van der Waals surface area (Å²) in [7, 11) is 1.54. The zero-order valence-corrected chi connectivity index (χ0v) is 18.4. The zero-order chi connectivity index (χ0) is 21.8. The van der Waals surface area contributed by atoms with Crippen LogP contribution in [-0.2, 0) is 11.3 Å². The Labute approximate surface area is 180 Å². The molecule has 0 aliphatic heterocycles. The lowest BCUT2D eigenvalue weighted by atomic mass is 9.95. The van der Waals surface area contributed by atoms with Crippen molar-refractivity contribution in [3.05, 3.63) is 37.5 Å². The molecule has 2 heterocycles. The Morgan fingerprint density at radius 3 is 2.70 bits per heavy atom. The molecule has 0 saturated heterocycles. The molecule has 1 saturated carbocycles. The van der Waals surface area contributed by atoms with E-state index >= 15 is 0 Å². The van der Waals surface area contributed by atoms with Crippen LogP contribution >= 0.6 is 12.2 Å². The van der Waals surface area contributed by atoms with Crippen LogP contribution in [0.4, 0.5) is 5.82 Å². The van der Waals surface area contributed by atoms with Gasteiger partial charge in [0.25, 0.3) is 5.56 Å². The van der Waals surface area contributed by atoms with Crippen LogP contribution in [0.3, 0.4) is 0 Å². The minimum atomic E-state index is -0.530. The first-order valence-corrected chi connectivity index (χ1v) is 10.5. The van der Waals surface area contributed by atoms with Gasteiger partial charge < -0.3 is 14.4 Å². The number of hydrogen-bond acceptors (Lipinski definition) is 6. The summed E-state index contributed by atoms with van der Waals surface area (Å²) < 4.78 is 8.67. The van der Waals surface area contributed by atoms with E-state index in [0.29, 0.717) is 24.5 Å². The van der Waals surface area contributed by atoms with Gasteiger partial charge in [0, 0.05) is 25.1 Å². The topological polar surface area (TPSA) is 108 Å². The lowest BCUT2D eigenvalue weighted by Crippen LogP contribution is -2.20. The number of aliphatic imine (C=N–C) groups is 1. The van der Waals surface area contributed by atoms with Gasteiger partial charge >= 0.3 is 0 Å². The van der Waals surface area contributed by atoms with Crippen molar-refractivity contribution in [3.63, 3.8) is 0 Å². The first-order chi connectivity index (χ1) is 14.4. The van der Waals surface area contributed by atoms with Gasteiger partial charge in [0.2, 0.25) is 5.88 Å². The summed E-state index contributed by atoms with van der Waals surface area (Å²) in [5, 5.41) is 20.4. The van der Waals surface area contributed by atoms with E-state index in [1.807, 2.05) is 13.8 Å². The Morgan fingerprint density at radius 1 is 1.37 bits per heavy atom. The summed E-state index contributed by atoms with van der Waals surface area (Å²) >= 11 is 5.14. The molecule has 30 heavy (non-hydrogen) atoms. The summed E-state index contributed by atoms with van der Waals surface area (Å²) in [6, 6.07) is 2.53. The van der Waals surface area contributed by atoms with Gasteiger partial charge in [0.15, 0.2) is 10.6 Å². The van der Waals surface area contributed by atoms with E-state index < -0.39 is 5.56 Å². The minimum absolute atomic E-state index is 0.00436. The van der Waals surface area contributed by atoms with Crippen molar-refractivity contribution in [1.29, 1.82) is 5.26 Å². The second kappa shape index (κ2) is 9.41. The number of nitrogens with one attached hydrogen (secondary N) is 1. The standard InChI is InChI=1S/C21H27N5O3S/c1-13-14(2)26(15-7-5-4-6-8-15)18(16(13)11-22)23-12-17-19(27)24-21(30)25(20(17)28)9-10-29-3/h12,15,28H,4-10H2,1-3H3,(H,24,27,30). The Kier molecular flexibility index (Phi) is 6.90. The molecule has 3 rings (SSSR count). The van der Waals surface area contributed by atoms with Crippen molar-refractivity contribution in [1.82, 2.24) is 14.1 Å². The fourth-order valence-electron chi connectivity index (χ4n) is 4.06. The number of nitriles is 1. The molecule has 0 atom stereocenters. The molecule has 1 aliphatic carbocycles. The minimum Gasteiger partial charge on any atom is -0.494 e. The molecule has 0 spiro atoms. The van der Waals surface area contributed by atoms with Crippen LogP contribution in [0.2, 0.25) is 0 Å². The van der Waals surface area contributed by atoms with Gasteiger partial charge in [-0.25, -0.2) is 4.99 Å². The monoisotopic (exact) mass is 429 g/mol. The summed E-state index contributed by atoms with van der Waals surface area (Å²) in [5.41, 5.74) is 1.87. The fourth-order valence-corrected chi connectivity index (χ4v) is 4.33. The van der Waals surface area contributed by atoms with E-state index in [9.17, 15) is 15.2 Å². The van der Waals surface area contributed by atoms with Crippen molar-refractivity contribution < 1.29 is 9.84 Å². The highest BCUT2D eigenvalue weighted by Crippen LogP contribution is 2.38. The van der Waals surface area contributed by atoms with E-state index in [1.54, 1.807) is 7.11 Å². The molecule has 0 amide bonds. The van der Waals surface area contributed by atoms with Crippen LogP contribution in [0.1, 0.15) is 60.5 Å². The third-order valence-electron chi connectivity index (χ3n) is 5.82. The quantitative estimate of drug-likeness (QED) is 0.536. The SMILES string of the molecule is COCCn1c(O)c(C=Nc2c(C#N)c(C)c(C)n2C2CCCCC2)c(=O)[nH]c1=S. The first kappa shape index (κ1) is 22.0. The van der Waals surface area contributed by atoms with Crippen LogP contribution in [-0.4, -0.2) is 39.2 Å². The molecule has 1 aliphatic rings. The summed E-state index contributed by atoms with van der Waals surface area (Å²) in [6.45, 7) is 4.53. The zero-order valence-electron chi connectivity index (χ0n) is 17.6. The highest BCUT2D eigenvalue weighted by Gasteiger charge is 2.24. The Balaban J connectivity index is 2.11. The number of aromatic hydroxyl groups is 1. The second-order valence-electron chi connectivity index (χ2n) is 7.58. The van der Waals surface area contributed by atoms with Crippen molar-refractivity contribution in [2.75, 3.05) is 13.7 Å².